The predicted octanol–water partition coefficient (Wildman–Crippen LogP) is 2.49. The first kappa shape index (κ1) is 19.7. The van der Waals surface area contributed by atoms with Crippen LogP contribution in [0.1, 0.15) is 19.8 Å². The number of aromatic nitrogens is 4. The number of hydrogen-bond acceptors (Lipinski definition) is 7. The van der Waals surface area contributed by atoms with Crippen molar-refractivity contribution < 1.29 is 4.92 Å². The lowest BCUT2D eigenvalue weighted by Gasteiger charge is -2.12. The smallest absolute Gasteiger partial charge is 0.280 e. The highest BCUT2D eigenvalue weighted by atomic mass is 32.2. The lowest BCUT2D eigenvalue weighted by Crippen LogP contribution is -2.37. The molecule has 9 nitrogen and oxygen atoms in total. The molecule has 2 heterocycles. The Balaban J connectivity index is 2.31. The Labute approximate surface area is 164 Å². The van der Waals surface area contributed by atoms with Gasteiger partial charge in [-0.3, -0.25) is 24.0 Å². The summed E-state index contributed by atoms with van der Waals surface area (Å²) in [5, 5.41) is 11.8. The molecule has 0 aliphatic carbocycles. The van der Waals surface area contributed by atoms with Gasteiger partial charge in [0.25, 0.3) is 11.2 Å². The summed E-state index contributed by atoms with van der Waals surface area (Å²) in [4.78, 5) is 44.6. The molecule has 0 amide bonds. The number of thioether (sulfide) groups is 1. The molecule has 0 N–H and O–H groups in total. The third-order valence-corrected chi connectivity index (χ3v) is 5.38. The van der Waals surface area contributed by atoms with Gasteiger partial charge in [0.15, 0.2) is 11.5 Å². The predicted molar refractivity (Wildman–Crippen MR) is 108 cm³/mol. The normalized spacial score (nSPS) is 11.1. The lowest BCUT2D eigenvalue weighted by molar-refractivity contribution is -0.384. The summed E-state index contributed by atoms with van der Waals surface area (Å²) in [5.41, 5.74) is -0.377. The summed E-state index contributed by atoms with van der Waals surface area (Å²) < 4.78 is 2.33. The molecule has 10 heteroatoms. The lowest BCUT2D eigenvalue weighted by atomic mass is 10.2. The molecule has 0 aliphatic rings. The Morgan fingerprint density at radius 2 is 1.93 bits per heavy atom. The number of non-ortho nitro benzene ring substituents is 1. The van der Waals surface area contributed by atoms with E-state index in [1.54, 1.807) is 12.1 Å². The van der Waals surface area contributed by atoms with Gasteiger partial charge in [0.05, 0.1) is 4.92 Å². The largest absolute Gasteiger partial charge is 0.332 e. The molecule has 0 radical (unpaired) electrons. The Bertz CT molecular complexity index is 1190. The first-order valence-corrected chi connectivity index (χ1v) is 9.69. The van der Waals surface area contributed by atoms with Crippen LogP contribution in [0.5, 0.6) is 0 Å². The van der Waals surface area contributed by atoms with Crippen LogP contribution in [0.4, 0.5) is 5.69 Å². The number of fused-ring (bicyclic) bond motifs is 1. The minimum Gasteiger partial charge on any atom is -0.280 e. The summed E-state index contributed by atoms with van der Waals surface area (Å²) in [6.45, 7) is 2.07. The molecule has 3 rings (SSSR count). The number of rotatable bonds is 6. The highest BCUT2D eigenvalue weighted by Crippen LogP contribution is 2.28. The Kier molecular flexibility index (Phi) is 5.59. The zero-order chi connectivity index (χ0) is 20.4. The number of nitrogens with zero attached hydrogens (tertiary/aromatic N) is 5. The molecule has 146 valence electrons. The summed E-state index contributed by atoms with van der Waals surface area (Å²) in [6.07, 6.45) is 1.93. The van der Waals surface area contributed by atoms with Gasteiger partial charge in [0.2, 0.25) is 0 Å². The molecule has 1 aromatic carbocycles. The molecule has 0 spiro atoms. The standard InChI is InChI=1S/C18H19N5O4S/c1-4-5-9-28-16-13-15(21(2)18(25)22(3)17(13)24)19-14(20-16)11-7-6-8-12(10-11)23(26)27/h6-8,10H,4-5,9H2,1-3H3. The summed E-state index contributed by atoms with van der Waals surface area (Å²) in [7, 11) is 2.95. The van der Waals surface area contributed by atoms with Gasteiger partial charge in [-0.15, -0.1) is 11.8 Å². The number of hydrogen-bond donors (Lipinski definition) is 0. The van der Waals surface area contributed by atoms with E-state index in [2.05, 4.69) is 16.9 Å². The van der Waals surface area contributed by atoms with Crippen molar-refractivity contribution in [2.45, 2.75) is 24.8 Å². The maximum atomic E-state index is 12.7. The highest BCUT2D eigenvalue weighted by molar-refractivity contribution is 7.99. The van der Waals surface area contributed by atoms with Gasteiger partial charge in [0.1, 0.15) is 10.4 Å². The topological polar surface area (TPSA) is 113 Å². The second-order valence-electron chi connectivity index (χ2n) is 6.27. The Hall–Kier alpha value is -3.01. The fourth-order valence-corrected chi connectivity index (χ4v) is 3.83. The van der Waals surface area contributed by atoms with Crippen LogP contribution < -0.4 is 11.2 Å². The molecule has 2 aromatic heterocycles. The number of aryl methyl sites for hydroxylation is 1. The molecule has 0 aliphatic heterocycles. The van der Waals surface area contributed by atoms with E-state index in [0.29, 0.717) is 10.6 Å². The van der Waals surface area contributed by atoms with Crippen LogP contribution in [0.25, 0.3) is 22.4 Å². The van der Waals surface area contributed by atoms with E-state index in [9.17, 15) is 19.7 Å². The maximum absolute atomic E-state index is 12.7. The quantitative estimate of drug-likeness (QED) is 0.205. The van der Waals surface area contributed by atoms with E-state index in [0.717, 1.165) is 23.2 Å². The molecule has 0 unspecified atom stereocenters. The number of nitro groups is 1. The number of nitro benzene ring substituents is 1. The van der Waals surface area contributed by atoms with Gasteiger partial charge >= 0.3 is 5.69 Å². The molecular weight excluding hydrogens is 382 g/mol. The molecule has 0 saturated carbocycles. The van der Waals surface area contributed by atoms with Crippen LogP contribution in [-0.2, 0) is 14.1 Å². The van der Waals surface area contributed by atoms with Crippen LogP contribution in [0.3, 0.4) is 0 Å². The van der Waals surface area contributed by atoms with Crippen molar-refractivity contribution in [3.8, 4) is 11.4 Å². The fraction of sp³-hybridized carbons (Fsp3) is 0.333. The van der Waals surface area contributed by atoms with Gasteiger partial charge in [-0.05, 0) is 12.2 Å². The van der Waals surface area contributed by atoms with Crippen molar-refractivity contribution in [2.24, 2.45) is 14.1 Å². The van der Waals surface area contributed by atoms with Gasteiger partial charge in [0, 0.05) is 31.8 Å². The van der Waals surface area contributed by atoms with Crippen molar-refractivity contribution in [1.82, 2.24) is 19.1 Å². The minimum atomic E-state index is -0.495. The van der Waals surface area contributed by atoms with E-state index in [4.69, 9.17) is 0 Å². The molecular formula is C18H19N5O4S. The van der Waals surface area contributed by atoms with Crippen molar-refractivity contribution in [3.63, 3.8) is 0 Å². The van der Waals surface area contributed by atoms with Crippen LogP contribution in [-0.4, -0.2) is 29.8 Å². The molecule has 3 aromatic rings. The summed E-state index contributed by atoms with van der Waals surface area (Å²) in [5.74, 6) is 0.988. The first-order valence-electron chi connectivity index (χ1n) is 8.70. The van der Waals surface area contributed by atoms with Crippen molar-refractivity contribution in [3.05, 3.63) is 55.2 Å². The third-order valence-electron chi connectivity index (χ3n) is 4.32. The van der Waals surface area contributed by atoms with Crippen LogP contribution in [0.2, 0.25) is 0 Å². The number of benzene rings is 1. The molecule has 0 atom stereocenters. The highest BCUT2D eigenvalue weighted by Gasteiger charge is 2.19. The summed E-state index contributed by atoms with van der Waals surface area (Å²) in [6, 6.07) is 5.97. The summed E-state index contributed by atoms with van der Waals surface area (Å²) >= 11 is 1.42. The zero-order valence-electron chi connectivity index (χ0n) is 15.7. The monoisotopic (exact) mass is 401 g/mol. The SMILES string of the molecule is CCCCSc1nc(-c2cccc([N+](=O)[O-])c2)nc2c1c(=O)n(C)c(=O)n2C. The van der Waals surface area contributed by atoms with E-state index >= 15 is 0 Å². The fourth-order valence-electron chi connectivity index (χ4n) is 2.73. The molecule has 0 fully saturated rings. The second-order valence-corrected chi connectivity index (χ2v) is 7.35. The van der Waals surface area contributed by atoms with E-state index in [1.165, 1.54) is 42.6 Å². The van der Waals surface area contributed by atoms with Crippen molar-refractivity contribution in [1.29, 1.82) is 0 Å². The third kappa shape index (κ3) is 3.55. The van der Waals surface area contributed by atoms with E-state index < -0.39 is 16.2 Å². The van der Waals surface area contributed by atoms with Crippen molar-refractivity contribution >= 4 is 28.5 Å². The van der Waals surface area contributed by atoms with Crippen LogP contribution in [0, 0.1) is 10.1 Å². The molecule has 0 saturated heterocycles. The minimum absolute atomic E-state index is 0.0840. The Morgan fingerprint density at radius 3 is 2.61 bits per heavy atom. The molecule has 28 heavy (non-hydrogen) atoms. The van der Waals surface area contributed by atoms with E-state index in [1.807, 2.05) is 0 Å². The van der Waals surface area contributed by atoms with Gasteiger partial charge in [-0.1, -0.05) is 25.5 Å². The van der Waals surface area contributed by atoms with Gasteiger partial charge in [-0.2, -0.15) is 0 Å². The van der Waals surface area contributed by atoms with Gasteiger partial charge in [-0.25, -0.2) is 14.8 Å². The first-order chi connectivity index (χ1) is 13.3. The maximum Gasteiger partial charge on any atom is 0.332 e. The van der Waals surface area contributed by atoms with Crippen molar-refractivity contribution in [2.75, 3.05) is 5.75 Å². The average molecular weight is 401 g/mol. The van der Waals surface area contributed by atoms with Crippen LogP contribution >= 0.6 is 11.8 Å². The second kappa shape index (κ2) is 7.93. The van der Waals surface area contributed by atoms with E-state index in [-0.39, 0.29) is 22.5 Å². The van der Waals surface area contributed by atoms with Crippen LogP contribution in [0.15, 0.2) is 38.9 Å². The van der Waals surface area contributed by atoms with Gasteiger partial charge < -0.3 is 0 Å². The number of unbranched alkanes of at least 4 members (excludes halogenated alkanes) is 1. The molecule has 0 bridgehead atoms. The zero-order valence-corrected chi connectivity index (χ0v) is 16.5. The Morgan fingerprint density at radius 1 is 1.18 bits per heavy atom. The average Bonchev–Trinajstić information content (AvgIpc) is 2.70.